The molecule has 0 aromatic carbocycles. The molecule has 4 nitrogen and oxygen atoms in total. The maximum absolute atomic E-state index is 11.9. The van der Waals surface area contributed by atoms with Crippen LogP contribution in [0.15, 0.2) is 22.8 Å². The first-order valence-corrected chi connectivity index (χ1v) is 6.86. The zero-order valence-electron chi connectivity index (χ0n) is 12.6. The maximum Gasteiger partial charge on any atom is 0.237 e. The van der Waals surface area contributed by atoms with Gasteiger partial charge in [-0.2, -0.15) is 0 Å². The van der Waals surface area contributed by atoms with Gasteiger partial charge < -0.3 is 15.1 Å². The van der Waals surface area contributed by atoms with Crippen molar-refractivity contribution in [1.29, 1.82) is 0 Å². The second-order valence-electron chi connectivity index (χ2n) is 6.04. The van der Waals surface area contributed by atoms with Crippen molar-refractivity contribution in [3.63, 3.8) is 0 Å². The molecule has 0 aliphatic carbocycles. The number of carbonyl (C=O) groups excluding carboxylic acids is 1. The van der Waals surface area contributed by atoms with E-state index >= 15 is 0 Å². The second kappa shape index (κ2) is 6.75. The predicted octanol–water partition coefficient (Wildman–Crippen LogP) is 2.56. The molecule has 2 N–H and O–H groups in total. The summed E-state index contributed by atoms with van der Waals surface area (Å²) in [5.41, 5.74) is 0.176. The molecule has 108 valence electrons. The summed E-state index contributed by atoms with van der Waals surface area (Å²) >= 11 is 0. The molecule has 0 spiro atoms. The molecule has 1 heterocycles. The van der Waals surface area contributed by atoms with Crippen LogP contribution in [0.2, 0.25) is 0 Å². The van der Waals surface area contributed by atoms with E-state index in [9.17, 15) is 4.79 Å². The molecule has 1 unspecified atom stereocenters. The summed E-state index contributed by atoms with van der Waals surface area (Å²) in [6, 6.07) is 3.46. The molecule has 0 saturated carbocycles. The third kappa shape index (κ3) is 5.07. The summed E-state index contributed by atoms with van der Waals surface area (Å²) in [5, 5.41) is 6.15. The molecular weight excluding hydrogens is 240 g/mol. The topological polar surface area (TPSA) is 54.3 Å². The summed E-state index contributed by atoms with van der Waals surface area (Å²) in [6.07, 6.45) is 1.61. The number of nitrogens with one attached hydrogen (secondary N) is 2. The molecule has 1 atom stereocenters. The minimum absolute atomic E-state index is 0.00374. The van der Waals surface area contributed by atoms with Crippen LogP contribution in [0.1, 0.15) is 40.4 Å². The van der Waals surface area contributed by atoms with Crippen LogP contribution in [0.4, 0.5) is 0 Å². The monoisotopic (exact) mass is 266 g/mol. The van der Waals surface area contributed by atoms with Gasteiger partial charge in [0.15, 0.2) is 0 Å². The van der Waals surface area contributed by atoms with Crippen molar-refractivity contribution >= 4 is 5.91 Å². The van der Waals surface area contributed by atoms with Gasteiger partial charge in [-0.1, -0.05) is 27.7 Å². The van der Waals surface area contributed by atoms with Crippen molar-refractivity contribution < 1.29 is 9.21 Å². The van der Waals surface area contributed by atoms with E-state index < -0.39 is 0 Å². The van der Waals surface area contributed by atoms with Gasteiger partial charge in [0.25, 0.3) is 0 Å². The molecule has 0 radical (unpaired) electrons. The molecule has 4 heteroatoms. The van der Waals surface area contributed by atoms with Crippen molar-refractivity contribution in [2.75, 3.05) is 6.54 Å². The van der Waals surface area contributed by atoms with Crippen LogP contribution in [-0.4, -0.2) is 18.5 Å². The van der Waals surface area contributed by atoms with Crippen molar-refractivity contribution in [2.24, 2.45) is 11.3 Å². The summed E-state index contributed by atoms with van der Waals surface area (Å²) in [5.74, 6) is 1.33. The summed E-state index contributed by atoms with van der Waals surface area (Å²) in [4.78, 5) is 11.9. The lowest BCUT2D eigenvalue weighted by Gasteiger charge is -2.30. The number of amides is 1. The lowest BCUT2D eigenvalue weighted by atomic mass is 9.81. The van der Waals surface area contributed by atoms with Crippen LogP contribution in [0.25, 0.3) is 0 Å². The normalized spacial score (nSPS) is 13.6. The van der Waals surface area contributed by atoms with Gasteiger partial charge in [0.2, 0.25) is 5.91 Å². The van der Waals surface area contributed by atoms with Gasteiger partial charge in [-0.05, 0) is 30.4 Å². The minimum Gasteiger partial charge on any atom is -0.467 e. The molecular formula is C15H26N2O2. The van der Waals surface area contributed by atoms with Crippen molar-refractivity contribution in [3.05, 3.63) is 24.2 Å². The quantitative estimate of drug-likeness (QED) is 0.797. The lowest BCUT2D eigenvalue weighted by molar-refractivity contribution is -0.123. The van der Waals surface area contributed by atoms with E-state index in [1.54, 1.807) is 6.26 Å². The van der Waals surface area contributed by atoms with Crippen LogP contribution < -0.4 is 10.6 Å². The van der Waals surface area contributed by atoms with E-state index in [0.29, 0.717) is 12.5 Å². The molecule has 0 saturated heterocycles. The molecule has 0 bridgehead atoms. The third-order valence-electron chi connectivity index (χ3n) is 3.84. The highest BCUT2D eigenvalue weighted by Gasteiger charge is 2.24. The van der Waals surface area contributed by atoms with Gasteiger partial charge >= 0.3 is 0 Å². The van der Waals surface area contributed by atoms with Crippen LogP contribution >= 0.6 is 0 Å². The van der Waals surface area contributed by atoms with E-state index in [2.05, 4.69) is 38.3 Å². The number of furan rings is 1. The first-order chi connectivity index (χ1) is 8.83. The number of rotatable bonds is 7. The highest BCUT2D eigenvalue weighted by Crippen LogP contribution is 2.24. The zero-order valence-corrected chi connectivity index (χ0v) is 12.6. The van der Waals surface area contributed by atoms with Gasteiger partial charge in [-0.3, -0.25) is 4.79 Å². The molecule has 1 aromatic heterocycles. The first-order valence-electron chi connectivity index (χ1n) is 6.86. The fourth-order valence-electron chi connectivity index (χ4n) is 1.45. The van der Waals surface area contributed by atoms with E-state index in [4.69, 9.17) is 4.42 Å². The predicted molar refractivity (Wildman–Crippen MR) is 76.6 cm³/mol. The Labute approximate surface area is 116 Å². The van der Waals surface area contributed by atoms with Gasteiger partial charge in [0.1, 0.15) is 5.76 Å². The Morgan fingerprint density at radius 1 is 1.37 bits per heavy atom. The summed E-state index contributed by atoms with van der Waals surface area (Å²) in [7, 11) is 0. The molecule has 0 aliphatic rings. The van der Waals surface area contributed by atoms with Gasteiger partial charge in [0.05, 0.1) is 18.8 Å². The second-order valence-corrected chi connectivity index (χ2v) is 6.04. The molecule has 0 aliphatic heterocycles. The Morgan fingerprint density at radius 3 is 2.58 bits per heavy atom. The minimum atomic E-state index is -0.201. The largest absolute Gasteiger partial charge is 0.467 e. The molecule has 1 aromatic rings. The Morgan fingerprint density at radius 2 is 2.05 bits per heavy atom. The fourth-order valence-corrected chi connectivity index (χ4v) is 1.45. The Bertz CT molecular complexity index is 383. The van der Waals surface area contributed by atoms with Crippen LogP contribution in [0.5, 0.6) is 0 Å². The number of hydrogen-bond donors (Lipinski definition) is 2. The van der Waals surface area contributed by atoms with E-state index in [1.165, 1.54) is 0 Å². The van der Waals surface area contributed by atoms with E-state index in [1.807, 2.05) is 19.1 Å². The molecule has 1 amide bonds. The van der Waals surface area contributed by atoms with Crippen molar-refractivity contribution in [3.8, 4) is 0 Å². The van der Waals surface area contributed by atoms with Crippen LogP contribution in [0, 0.1) is 11.3 Å². The van der Waals surface area contributed by atoms with Crippen LogP contribution in [-0.2, 0) is 11.3 Å². The van der Waals surface area contributed by atoms with Gasteiger partial charge in [-0.15, -0.1) is 0 Å². The first kappa shape index (κ1) is 15.8. The molecule has 1 rings (SSSR count). The average molecular weight is 266 g/mol. The Kier molecular flexibility index (Phi) is 5.60. The maximum atomic E-state index is 11.9. The van der Waals surface area contributed by atoms with Crippen molar-refractivity contribution in [2.45, 2.75) is 47.2 Å². The highest BCUT2D eigenvalue weighted by molar-refractivity contribution is 5.81. The van der Waals surface area contributed by atoms with Crippen molar-refractivity contribution in [1.82, 2.24) is 10.6 Å². The summed E-state index contributed by atoms with van der Waals surface area (Å²) in [6.45, 7) is 11.9. The third-order valence-corrected chi connectivity index (χ3v) is 3.84. The standard InChI is InChI=1S/C15H26N2O2/c1-11(2)15(4,5)10-17-12(3)14(18)16-9-13-7-6-8-19-13/h6-8,11-12,17H,9-10H2,1-5H3,(H,16,18). The van der Waals surface area contributed by atoms with E-state index in [-0.39, 0.29) is 17.4 Å². The zero-order chi connectivity index (χ0) is 14.5. The number of hydrogen-bond acceptors (Lipinski definition) is 3. The smallest absolute Gasteiger partial charge is 0.237 e. The number of carbonyl (C=O) groups is 1. The molecule has 19 heavy (non-hydrogen) atoms. The highest BCUT2D eigenvalue weighted by atomic mass is 16.3. The van der Waals surface area contributed by atoms with Gasteiger partial charge in [0, 0.05) is 6.54 Å². The average Bonchev–Trinajstić information content (AvgIpc) is 2.85. The molecule has 0 fully saturated rings. The van der Waals surface area contributed by atoms with Gasteiger partial charge in [-0.25, -0.2) is 0 Å². The lowest BCUT2D eigenvalue weighted by Crippen LogP contribution is -2.46. The summed E-state index contributed by atoms with van der Waals surface area (Å²) < 4.78 is 5.17. The van der Waals surface area contributed by atoms with E-state index in [0.717, 1.165) is 12.3 Å². The SMILES string of the molecule is CC(NCC(C)(C)C(C)C)C(=O)NCc1ccco1. The Hall–Kier alpha value is -1.29. The van der Waals surface area contributed by atoms with Crippen LogP contribution in [0.3, 0.4) is 0 Å². The fraction of sp³-hybridized carbons (Fsp3) is 0.667. The Balaban J connectivity index is 2.32.